The van der Waals surface area contributed by atoms with E-state index < -0.39 is 17.8 Å². The largest absolute Gasteiger partial charge is 0.487 e. The highest BCUT2D eigenvalue weighted by molar-refractivity contribution is 6.43. The molecule has 1 aliphatic heterocycles. The van der Waals surface area contributed by atoms with E-state index >= 15 is 0 Å². The van der Waals surface area contributed by atoms with Crippen LogP contribution in [0, 0.1) is 13.8 Å². The van der Waals surface area contributed by atoms with Crippen LogP contribution in [0.3, 0.4) is 0 Å². The number of anilines is 1. The quantitative estimate of drug-likeness (QED) is 0.302. The Hall–Kier alpha value is -3.32. The number of benzene rings is 3. The lowest BCUT2D eigenvalue weighted by Gasteiger charge is -2.26. The lowest BCUT2D eigenvalue weighted by atomic mass is 10.1. The first-order valence-electron chi connectivity index (χ1n) is 10.5. The number of imide groups is 2. The van der Waals surface area contributed by atoms with Gasteiger partial charge in [0.15, 0.2) is 0 Å². The molecule has 4 amide bonds. The highest BCUT2D eigenvalue weighted by Crippen LogP contribution is 2.31. The van der Waals surface area contributed by atoms with Gasteiger partial charge in [0.2, 0.25) is 0 Å². The van der Waals surface area contributed by atoms with Crippen LogP contribution in [0.5, 0.6) is 5.75 Å². The average Bonchev–Trinajstić information content (AvgIpc) is 2.80. The number of ether oxygens (including phenoxy) is 1. The Morgan fingerprint density at radius 1 is 0.857 bits per heavy atom. The number of rotatable bonds is 5. The fourth-order valence-corrected chi connectivity index (χ4v) is 4.00. The van der Waals surface area contributed by atoms with E-state index in [0.717, 1.165) is 10.5 Å². The van der Waals surface area contributed by atoms with Crippen molar-refractivity contribution in [3.05, 3.63) is 97.5 Å². The van der Waals surface area contributed by atoms with Gasteiger partial charge in [-0.2, -0.15) is 0 Å². The maximum atomic E-state index is 13.1. The first kappa shape index (κ1) is 24.8. The number of urea groups is 1. The molecule has 3 aromatic rings. The van der Waals surface area contributed by atoms with Crippen molar-refractivity contribution in [1.29, 1.82) is 0 Å². The number of carbonyl (C=O) groups is 3. The summed E-state index contributed by atoms with van der Waals surface area (Å²) < 4.78 is 5.84. The van der Waals surface area contributed by atoms with Gasteiger partial charge < -0.3 is 4.74 Å². The second-order valence-electron chi connectivity index (χ2n) is 7.95. The molecule has 0 bridgehead atoms. The summed E-state index contributed by atoms with van der Waals surface area (Å²) in [7, 11) is 0. The summed E-state index contributed by atoms with van der Waals surface area (Å²) in [5.41, 5.74) is 3.79. The van der Waals surface area contributed by atoms with Crippen LogP contribution in [0.25, 0.3) is 6.08 Å². The molecule has 35 heavy (non-hydrogen) atoms. The molecule has 0 radical (unpaired) electrons. The van der Waals surface area contributed by atoms with Gasteiger partial charge in [0.05, 0.1) is 20.8 Å². The third kappa shape index (κ3) is 5.35. The predicted molar refractivity (Wildman–Crippen MR) is 137 cm³/mol. The van der Waals surface area contributed by atoms with Crippen LogP contribution in [-0.4, -0.2) is 17.8 Å². The van der Waals surface area contributed by atoms with Crippen LogP contribution in [0.15, 0.2) is 60.2 Å². The predicted octanol–water partition coefficient (Wildman–Crippen LogP) is 6.51. The molecule has 1 N–H and O–H groups in total. The number of carbonyl (C=O) groups excluding carboxylic acids is 3. The number of hydrogen-bond acceptors (Lipinski definition) is 4. The van der Waals surface area contributed by atoms with Crippen LogP contribution in [-0.2, 0) is 16.2 Å². The Labute approximate surface area is 217 Å². The van der Waals surface area contributed by atoms with E-state index in [9.17, 15) is 14.4 Å². The van der Waals surface area contributed by atoms with Crippen molar-refractivity contribution in [3.8, 4) is 5.75 Å². The summed E-state index contributed by atoms with van der Waals surface area (Å²) in [6, 6.07) is 14.4. The summed E-state index contributed by atoms with van der Waals surface area (Å²) in [5.74, 6) is -1.16. The second-order valence-corrected chi connectivity index (χ2v) is 9.18. The maximum Gasteiger partial charge on any atom is 0.335 e. The molecule has 0 spiro atoms. The van der Waals surface area contributed by atoms with E-state index in [1.807, 2.05) is 26.0 Å². The molecule has 0 atom stereocenters. The Bertz CT molecular complexity index is 1400. The smallest absolute Gasteiger partial charge is 0.335 e. The van der Waals surface area contributed by atoms with Gasteiger partial charge in [-0.3, -0.25) is 14.9 Å². The molecule has 1 heterocycles. The molecular weight excluding hydrogens is 511 g/mol. The van der Waals surface area contributed by atoms with Gasteiger partial charge in [-0.15, -0.1) is 0 Å². The van der Waals surface area contributed by atoms with Crippen LogP contribution in [0.4, 0.5) is 10.5 Å². The fraction of sp³-hybridized carbons (Fsp3) is 0.115. The van der Waals surface area contributed by atoms with Gasteiger partial charge in [-0.25, -0.2) is 9.69 Å². The molecule has 4 rings (SSSR count). The topological polar surface area (TPSA) is 75.7 Å². The minimum absolute atomic E-state index is 0.162. The average molecular weight is 530 g/mol. The van der Waals surface area contributed by atoms with Gasteiger partial charge in [0, 0.05) is 0 Å². The van der Waals surface area contributed by atoms with E-state index in [1.54, 1.807) is 18.2 Å². The molecule has 1 saturated heterocycles. The normalized spacial score (nSPS) is 14.9. The Morgan fingerprint density at radius 2 is 1.63 bits per heavy atom. The van der Waals surface area contributed by atoms with Crippen molar-refractivity contribution < 1.29 is 19.1 Å². The number of halogens is 3. The van der Waals surface area contributed by atoms with Gasteiger partial charge in [-0.1, -0.05) is 59.1 Å². The Kier molecular flexibility index (Phi) is 7.17. The number of nitrogens with zero attached hydrogens (tertiary/aromatic N) is 1. The summed E-state index contributed by atoms with van der Waals surface area (Å²) in [6.45, 7) is 4.41. The molecule has 9 heteroatoms. The minimum Gasteiger partial charge on any atom is -0.487 e. The highest BCUT2D eigenvalue weighted by Gasteiger charge is 2.37. The summed E-state index contributed by atoms with van der Waals surface area (Å²) in [6.07, 6.45) is 1.35. The van der Waals surface area contributed by atoms with Crippen LogP contribution in [0.2, 0.25) is 15.1 Å². The van der Waals surface area contributed by atoms with Gasteiger partial charge in [-0.05, 0) is 72.5 Å². The van der Waals surface area contributed by atoms with E-state index in [-0.39, 0.29) is 21.3 Å². The zero-order chi connectivity index (χ0) is 25.3. The van der Waals surface area contributed by atoms with Crippen LogP contribution >= 0.6 is 34.8 Å². The zero-order valence-corrected chi connectivity index (χ0v) is 21.0. The molecule has 0 aliphatic carbocycles. The molecule has 1 fully saturated rings. The van der Waals surface area contributed by atoms with Crippen LogP contribution < -0.4 is 15.0 Å². The fourth-order valence-electron chi connectivity index (χ4n) is 3.46. The second kappa shape index (κ2) is 10.1. The number of nitrogens with one attached hydrogen (secondary N) is 1. The monoisotopic (exact) mass is 528 g/mol. The third-order valence-electron chi connectivity index (χ3n) is 5.50. The van der Waals surface area contributed by atoms with Crippen molar-refractivity contribution in [2.75, 3.05) is 4.90 Å². The van der Waals surface area contributed by atoms with Gasteiger partial charge >= 0.3 is 6.03 Å². The highest BCUT2D eigenvalue weighted by atomic mass is 35.5. The number of amides is 4. The first-order valence-corrected chi connectivity index (χ1v) is 11.6. The summed E-state index contributed by atoms with van der Waals surface area (Å²) >= 11 is 18.3. The van der Waals surface area contributed by atoms with E-state index in [0.29, 0.717) is 22.9 Å². The minimum atomic E-state index is -0.885. The third-order valence-corrected chi connectivity index (χ3v) is 6.53. The van der Waals surface area contributed by atoms with E-state index in [4.69, 9.17) is 39.5 Å². The number of aryl methyl sites for hydroxylation is 2. The molecule has 3 aromatic carbocycles. The Morgan fingerprint density at radius 3 is 2.31 bits per heavy atom. The van der Waals surface area contributed by atoms with Crippen LogP contribution in [0.1, 0.15) is 22.3 Å². The molecule has 6 nitrogen and oxygen atoms in total. The molecule has 178 valence electrons. The van der Waals surface area contributed by atoms with Crippen molar-refractivity contribution in [1.82, 2.24) is 5.32 Å². The van der Waals surface area contributed by atoms with Crippen molar-refractivity contribution >= 4 is 64.4 Å². The maximum absolute atomic E-state index is 13.1. The molecule has 0 unspecified atom stereocenters. The standard InChI is InChI=1S/C26H19Cl3N2O4/c1-14-3-4-17(9-15(14)2)13-35-23-8-5-16(11-22(23)29)10-19-24(32)30-26(34)31(25(19)33)18-6-7-20(27)21(28)12-18/h3-12H,13H2,1-2H3,(H,30,32,34)/b19-10+. The first-order chi connectivity index (χ1) is 16.6. The SMILES string of the molecule is Cc1ccc(COc2ccc(/C=C3\C(=O)NC(=O)N(c4ccc(Cl)c(Cl)c4)C3=O)cc2Cl)cc1C. The van der Waals surface area contributed by atoms with Crippen molar-refractivity contribution in [2.45, 2.75) is 20.5 Å². The molecule has 0 aromatic heterocycles. The van der Waals surface area contributed by atoms with E-state index in [1.165, 1.54) is 35.4 Å². The van der Waals surface area contributed by atoms with Crippen molar-refractivity contribution in [2.24, 2.45) is 0 Å². The van der Waals surface area contributed by atoms with Gasteiger partial charge in [0.1, 0.15) is 17.9 Å². The molecule has 0 saturated carbocycles. The van der Waals surface area contributed by atoms with E-state index in [2.05, 4.69) is 11.4 Å². The molecule has 1 aliphatic rings. The van der Waals surface area contributed by atoms with Gasteiger partial charge in [0.25, 0.3) is 11.8 Å². The van der Waals surface area contributed by atoms with Crippen molar-refractivity contribution in [3.63, 3.8) is 0 Å². The summed E-state index contributed by atoms with van der Waals surface area (Å²) in [4.78, 5) is 38.7. The zero-order valence-electron chi connectivity index (χ0n) is 18.7. The lowest BCUT2D eigenvalue weighted by molar-refractivity contribution is -0.122. The molecular formula is C26H19Cl3N2O4. The number of hydrogen-bond donors (Lipinski definition) is 1. The number of barbiturate groups is 1. The Balaban J connectivity index is 1.56. The lowest BCUT2D eigenvalue weighted by Crippen LogP contribution is -2.54. The summed E-state index contributed by atoms with van der Waals surface area (Å²) in [5, 5.41) is 2.90.